The Morgan fingerprint density at radius 3 is 2.22 bits per heavy atom. The largest absolute Gasteiger partial charge is 0.444 e. The van der Waals surface area contributed by atoms with E-state index in [9.17, 15) is 19.2 Å². The van der Waals surface area contributed by atoms with E-state index in [1.54, 1.807) is 20.8 Å². The van der Waals surface area contributed by atoms with Gasteiger partial charge in [-0.3, -0.25) is 14.4 Å². The molecule has 9 nitrogen and oxygen atoms in total. The third kappa shape index (κ3) is 10.5. The summed E-state index contributed by atoms with van der Waals surface area (Å²) >= 11 is 0. The van der Waals surface area contributed by atoms with Crippen LogP contribution in [0.15, 0.2) is 30.9 Å². The van der Waals surface area contributed by atoms with Gasteiger partial charge in [-0.2, -0.15) is 0 Å². The van der Waals surface area contributed by atoms with Crippen molar-refractivity contribution in [2.75, 3.05) is 13.1 Å². The highest BCUT2D eigenvalue weighted by molar-refractivity contribution is 5.94. The fraction of sp³-hybridized carbons (Fsp3) is 0.556. The van der Waals surface area contributed by atoms with Crippen molar-refractivity contribution in [3.05, 3.63) is 47.5 Å². The van der Waals surface area contributed by atoms with Gasteiger partial charge in [0.05, 0.1) is 6.42 Å². The molecule has 1 rings (SSSR count). The van der Waals surface area contributed by atoms with Crippen molar-refractivity contribution < 1.29 is 23.9 Å². The number of benzene rings is 1. The lowest BCUT2D eigenvalue weighted by molar-refractivity contribution is -0.142. The van der Waals surface area contributed by atoms with Crippen molar-refractivity contribution in [2.24, 2.45) is 5.73 Å². The summed E-state index contributed by atoms with van der Waals surface area (Å²) < 4.78 is 5.27. The monoisotopic (exact) mass is 502 g/mol. The number of primary amides is 1. The second-order valence-corrected chi connectivity index (χ2v) is 9.97. The van der Waals surface area contributed by atoms with Crippen LogP contribution in [0.1, 0.15) is 76.1 Å². The third-order valence-electron chi connectivity index (χ3n) is 5.20. The van der Waals surface area contributed by atoms with Gasteiger partial charge in [-0.1, -0.05) is 55.2 Å². The van der Waals surface area contributed by atoms with Crippen molar-refractivity contribution >= 4 is 23.8 Å². The molecule has 0 aliphatic carbocycles. The quantitative estimate of drug-likeness (QED) is 0.281. The second-order valence-electron chi connectivity index (χ2n) is 9.97. The minimum absolute atomic E-state index is 0.00410. The maximum absolute atomic E-state index is 13.8. The van der Waals surface area contributed by atoms with E-state index in [0.717, 1.165) is 30.4 Å². The summed E-state index contributed by atoms with van der Waals surface area (Å²) in [6.45, 7) is 15.1. The number of ether oxygens (including phenoxy) is 1. The predicted octanol–water partition coefficient (Wildman–Crippen LogP) is 3.43. The van der Waals surface area contributed by atoms with Crippen LogP contribution < -0.4 is 16.4 Å². The fourth-order valence-electron chi connectivity index (χ4n) is 3.84. The number of carbonyl (C=O) groups excluding carboxylic acids is 4. The summed E-state index contributed by atoms with van der Waals surface area (Å²) in [6.07, 6.45) is 2.94. The topological polar surface area (TPSA) is 131 Å². The highest BCUT2D eigenvalue weighted by Gasteiger charge is 2.36. The Hall–Kier alpha value is -3.36. The highest BCUT2D eigenvalue weighted by Crippen LogP contribution is 2.25. The van der Waals surface area contributed by atoms with Gasteiger partial charge in [0.25, 0.3) is 0 Å². The molecule has 1 aromatic carbocycles. The molecule has 0 saturated heterocycles. The van der Waals surface area contributed by atoms with Crippen molar-refractivity contribution in [3.63, 3.8) is 0 Å². The molecule has 0 heterocycles. The zero-order chi connectivity index (χ0) is 27.5. The Bertz CT molecular complexity index is 918. The van der Waals surface area contributed by atoms with Gasteiger partial charge in [-0.25, -0.2) is 4.79 Å². The molecular formula is C27H42N4O5. The summed E-state index contributed by atoms with van der Waals surface area (Å²) in [5.41, 5.74) is 7.05. The van der Waals surface area contributed by atoms with Gasteiger partial charge in [0, 0.05) is 13.1 Å². The number of nitrogens with one attached hydrogen (secondary N) is 2. The molecule has 9 heteroatoms. The minimum atomic E-state index is -1.32. The van der Waals surface area contributed by atoms with Crippen LogP contribution in [0.2, 0.25) is 0 Å². The van der Waals surface area contributed by atoms with E-state index in [1.807, 2.05) is 32.0 Å². The van der Waals surface area contributed by atoms with E-state index in [2.05, 4.69) is 24.1 Å². The molecular weight excluding hydrogens is 460 g/mol. The van der Waals surface area contributed by atoms with Crippen LogP contribution in [0.4, 0.5) is 4.79 Å². The SMILES string of the molecule is C=CCN(C(=O)C(CC(N)=O)NC(=O)OC(C)(C)C)C(C(=O)NCCCCC)c1cc(C)cc(C)c1. The van der Waals surface area contributed by atoms with Gasteiger partial charge in [-0.15, -0.1) is 6.58 Å². The van der Waals surface area contributed by atoms with Crippen molar-refractivity contribution in [1.29, 1.82) is 0 Å². The summed E-state index contributed by atoms with van der Waals surface area (Å²) in [4.78, 5) is 52.8. The average molecular weight is 503 g/mol. The van der Waals surface area contributed by atoms with Gasteiger partial charge in [-0.05, 0) is 46.6 Å². The molecule has 0 aliphatic heterocycles. The number of amides is 4. The van der Waals surface area contributed by atoms with Crippen LogP contribution in [0.5, 0.6) is 0 Å². The number of nitrogens with zero attached hydrogens (tertiary/aromatic N) is 1. The lowest BCUT2D eigenvalue weighted by atomic mass is 9.98. The summed E-state index contributed by atoms with van der Waals surface area (Å²) in [6, 6.07) is 3.33. The molecule has 36 heavy (non-hydrogen) atoms. The number of hydrogen-bond donors (Lipinski definition) is 3. The lowest BCUT2D eigenvalue weighted by Gasteiger charge is -2.34. The van der Waals surface area contributed by atoms with Gasteiger partial charge < -0.3 is 26.0 Å². The van der Waals surface area contributed by atoms with Crippen molar-refractivity contribution in [3.8, 4) is 0 Å². The summed E-state index contributed by atoms with van der Waals surface area (Å²) in [7, 11) is 0. The van der Waals surface area contributed by atoms with Gasteiger partial charge >= 0.3 is 6.09 Å². The van der Waals surface area contributed by atoms with Crippen molar-refractivity contribution in [1.82, 2.24) is 15.5 Å². The van der Waals surface area contributed by atoms with E-state index in [-0.39, 0.29) is 12.5 Å². The number of unbranched alkanes of at least 4 members (excludes halogenated alkanes) is 2. The molecule has 2 atom stereocenters. The normalized spacial score (nSPS) is 12.7. The molecule has 2 unspecified atom stereocenters. The molecule has 4 N–H and O–H groups in total. The number of aryl methyl sites for hydroxylation is 2. The minimum Gasteiger partial charge on any atom is -0.444 e. The Morgan fingerprint density at radius 2 is 1.72 bits per heavy atom. The molecule has 0 aromatic heterocycles. The van der Waals surface area contributed by atoms with E-state index in [1.165, 1.54) is 11.0 Å². The standard InChI is InChI=1S/C27H42N4O5/c1-8-10-11-12-29-24(33)23(20-15-18(3)14-19(4)16-20)31(13-9-2)25(34)21(17-22(28)32)30-26(35)36-27(5,6)7/h9,14-16,21,23H,2,8,10-13,17H2,1,3-7H3,(H2,28,32)(H,29,33)(H,30,35). The molecule has 0 fully saturated rings. The first kappa shape index (κ1) is 30.7. The lowest BCUT2D eigenvalue weighted by Crippen LogP contribution is -2.54. The first-order valence-corrected chi connectivity index (χ1v) is 12.3. The molecule has 1 aromatic rings. The first-order chi connectivity index (χ1) is 16.8. The van der Waals surface area contributed by atoms with Crippen LogP contribution in [-0.4, -0.2) is 53.4 Å². The maximum atomic E-state index is 13.8. The number of nitrogens with two attached hydrogens (primary N) is 1. The van der Waals surface area contributed by atoms with Gasteiger partial charge in [0.15, 0.2) is 0 Å². The van der Waals surface area contributed by atoms with Crippen LogP contribution in [0, 0.1) is 13.8 Å². The summed E-state index contributed by atoms with van der Waals surface area (Å²) in [5, 5.41) is 5.38. The van der Waals surface area contributed by atoms with E-state index in [4.69, 9.17) is 10.5 Å². The van der Waals surface area contributed by atoms with Crippen LogP contribution in [-0.2, 0) is 19.1 Å². The molecule has 4 amide bonds. The molecule has 0 saturated carbocycles. The smallest absolute Gasteiger partial charge is 0.408 e. The van der Waals surface area contributed by atoms with Crippen LogP contribution >= 0.6 is 0 Å². The molecule has 200 valence electrons. The average Bonchev–Trinajstić information content (AvgIpc) is 2.73. The second kappa shape index (κ2) is 14.3. The first-order valence-electron chi connectivity index (χ1n) is 12.3. The zero-order valence-electron chi connectivity index (χ0n) is 22.5. The summed E-state index contributed by atoms with van der Waals surface area (Å²) in [5.74, 6) is -1.79. The predicted molar refractivity (Wildman–Crippen MR) is 140 cm³/mol. The van der Waals surface area contributed by atoms with E-state index < -0.39 is 42.0 Å². The number of alkyl carbamates (subject to hydrolysis) is 1. The van der Waals surface area contributed by atoms with Gasteiger partial charge in [0.1, 0.15) is 17.7 Å². The highest BCUT2D eigenvalue weighted by atomic mass is 16.6. The Kier molecular flexibility index (Phi) is 12.1. The van der Waals surface area contributed by atoms with Crippen molar-refractivity contribution in [2.45, 2.75) is 84.9 Å². The zero-order valence-corrected chi connectivity index (χ0v) is 22.5. The molecule has 0 spiro atoms. The van der Waals surface area contributed by atoms with E-state index >= 15 is 0 Å². The molecule has 0 radical (unpaired) electrons. The third-order valence-corrected chi connectivity index (χ3v) is 5.20. The Morgan fingerprint density at radius 1 is 1.11 bits per heavy atom. The maximum Gasteiger partial charge on any atom is 0.408 e. The number of rotatable bonds is 13. The molecule has 0 bridgehead atoms. The van der Waals surface area contributed by atoms with E-state index in [0.29, 0.717) is 12.1 Å². The fourth-order valence-corrected chi connectivity index (χ4v) is 3.84. The Labute approximate surface area is 214 Å². The Balaban J connectivity index is 3.44. The van der Waals surface area contributed by atoms with Crippen LogP contribution in [0.25, 0.3) is 0 Å². The van der Waals surface area contributed by atoms with Gasteiger partial charge in [0.2, 0.25) is 17.7 Å². The number of hydrogen-bond acceptors (Lipinski definition) is 5. The molecule has 0 aliphatic rings. The number of carbonyl (C=O) groups is 4. The van der Waals surface area contributed by atoms with Crippen LogP contribution in [0.3, 0.4) is 0 Å².